The number of anilines is 1. The summed E-state index contributed by atoms with van der Waals surface area (Å²) in [4.78, 5) is 14.3. The number of halogens is 1. The summed E-state index contributed by atoms with van der Waals surface area (Å²) in [5.41, 5.74) is 3.46. The molecule has 0 bridgehead atoms. The molecule has 2 heterocycles. The Labute approximate surface area is 198 Å². The highest BCUT2D eigenvalue weighted by Crippen LogP contribution is 2.33. The molecule has 0 amide bonds. The van der Waals surface area contributed by atoms with Crippen LogP contribution in [0.4, 0.5) is 5.82 Å². The first kappa shape index (κ1) is 22.5. The van der Waals surface area contributed by atoms with Crippen LogP contribution in [0.15, 0.2) is 48.5 Å². The molecule has 32 heavy (non-hydrogen) atoms. The van der Waals surface area contributed by atoms with E-state index in [1.807, 2.05) is 36.4 Å². The number of nitrogens with one attached hydrogen (secondary N) is 1. The van der Waals surface area contributed by atoms with Gasteiger partial charge in [0.2, 0.25) is 0 Å². The number of aromatic nitrogens is 2. The summed E-state index contributed by atoms with van der Waals surface area (Å²) in [5.74, 6) is 2.52. The van der Waals surface area contributed by atoms with Gasteiger partial charge in [0, 0.05) is 23.0 Å². The van der Waals surface area contributed by atoms with Crippen LogP contribution in [0.2, 0.25) is 5.02 Å². The van der Waals surface area contributed by atoms with Crippen molar-refractivity contribution in [3.05, 3.63) is 80.9 Å². The predicted molar refractivity (Wildman–Crippen MR) is 134 cm³/mol. The average molecular weight is 467 g/mol. The molecule has 0 saturated heterocycles. The van der Waals surface area contributed by atoms with Crippen LogP contribution < -0.4 is 10.1 Å². The number of hydrogen-bond acceptors (Lipinski definition) is 6. The van der Waals surface area contributed by atoms with Crippen molar-refractivity contribution in [3.8, 4) is 5.75 Å². The molecule has 0 aliphatic carbocycles. The minimum atomic E-state index is 0.630. The number of rotatable bonds is 8. The van der Waals surface area contributed by atoms with E-state index in [9.17, 15) is 0 Å². The number of methoxy groups -OCH3 is 1. The van der Waals surface area contributed by atoms with Gasteiger partial charge in [0.15, 0.2) is 0 Å². The molecule has 1 N–H and O–H groups in total. The molecule has 7 heteroatoms. The minimum Gasteiger partial charge on any atom is -0.497 e. The highest BCUT2D eigenvalue weighted by Gasteiger charge is 2.16. The lowest BCUT2D eigenvalue weighted by atomic mass is 10.2. The van der Waals surface area contributed by atoms with Crippen molar-refractivity contribution in [1.29, 1.82) is 0 Å². The Hall–Kier alpha value is -2.67. The van der Waals surface area contributed by atoms with Crippen LogP contribution in [-0.2, 0) is 19.6 Å². The summed E-state index contributed by atoms with van der Waals surface area (Å²) < 4.78 is 5.35. The second-order valence-corrected chi connectivity index (χ2v) is 9.53. The summed E-state index contributed by atoms with van der Waals surface area (Å²) in [6.45, 7) is 6.29. The monoisotopic (exact) mass is 466 g/mol. The van der Waals surface area contributed by atoms with Crippen LogP contribution in [0.1, 0.15) is 27.4 Å². The van der Waals surface area contributed by atoms with E-state index in [1.165, 1.54) is 10.4 Å². The summed E-state index contributed by atoms with van der Waals surface area (Å²) in [7, 11) is 3.74. The number of nitrogens with zero attached hydrogens (tertiary/aromatic N) is 3. The lowest BCUT2D eigenvalue weighted by Gasteiger charge is -2.17. The second kappa shape index (κ2) is 9.86. The van der Waals surface area contributed by atoms with Gasteiger partial charge >= 0.3 is 0 Å². The third-order valence-electron chi connectivity index (χ3n) is 5.48. The van der Waals surface area contributed by atoms with E-state index in [2.05, 4.69) is 43.2 Å². The number of ether oxygens (including phenoxy) is 1. The predicted octanol–water partition coefficient (Wildman–Crippen LogP) is 6.21. The van der Waals surface area contributed by atoms with Crippen LogP contribution >= 0.6 is 22.9 Å². The molecule has 0 spiro atoms. The fourth-order valence-electron chi connectivity index (χ4n) is 3.68. The Balaban J connectivity index is 1.59. The van der Waals surface area contributed by atoms with Crippen LogP contribution in [0.3, 0.4) is 0 Å². The smallest absolute Gasteiger partial charge is 0.146 e. The van der Waals surface area contributed by atoms with E-state index in [4.69, 9.17) is 26.3 Å². The van der Waals surface area contributed by atoms with Gasteiger partial charge in [0.05, 0.1) is 19.0 Å². The maximum absolute atomic E-state index is 6.34. The van der Waals surface area contributed by atoms with Crippen molar-refractivity contribution >= 4 is 39.0 Å². The Bertz CT molecular complexity index is 1240. The van der Waals surface area contributed by atoms with E-state index in [0.29, 0.717) is 13.1 Å². The van der Waals surface area contributed by atoms with Crippen molar-refractivity contribution in [2.24, 2.45) is 0 Å². The van der Waals surface area contributed by atoms with Crippen molar-refractivity contribution in [3.63, 3.8) is 0 Å². The normalized spacial score (nSPS) is 11.3. The first-order chi connectivity index (χ1) is 15.4. The van der Waals surface area contributed by atoms with Gasteiger partial charge in [0.25, 0.3) is 0 Å². The van der Waals surface area contributed by atoms with Gasteiger partial charge in [0.1, 0.15) is 22.2 Å². The molecule has 0 aliphatic heterocycles. The molecule has 0 fully saturated rings. The van der Waals surface area contributed by atoms with Gasteiger partial charge in [-0.3, -0.25) is 4.90 Å². The van der Waals surface area contributed by atoms with Gasteiger partial charge in [-0.1, -0.05) is 41.9 Å². The number of thiophene rings is 1. The van der Waals surface area contributed by atoms with E-state index in [0.717, 1.165) is 50.3 Å². The fraction of sp³-hybridized carbons (Fsp3) is 0.280. The molecular weight excluding hydrogens is 440 g/mol. The molecule has 0 atom stereocenters. The third kappa shape index (κ3) is 5.04. The first-order valence-corrected chi connectivity index (χ1v) is 11.7. The van der Waals surface area contributed by atoms with Crippen molar-refractivity contribution in [2.45, 2.75) is 33.5 Å². The summed E-state index contributed by atoms with van der Waals surface area (Å²) in [5, 5.41) is 5.43. The Morgan fingerprint density at radius 1 is 1.06 bits per heavy atom. The topological polar surface area (TPSA) is 50.3 Å². The molecule has 5 nitrogen and oxygen atoms in total. The van der Waals surface area contributed by atoms with Crippen LogP contribution in [0, 0.1) is 13.8 Å². The van der Waals surface area contributed by atoms with E-state index < -0.39 is 0 Å². The van der Waals surface area contributed by atoms with Crippen molar-refractivity contribution < 1.29 is 4.74 Å². The van der Waals surface area contributed by atoms with E-state index >= 15 is 0 Å². The second-order valence-electron chi connectivity index (χ2n) is 7.92. The van der Waals surface area contributed by atoms with Crippen LogP contribution in [0.5, 0.6) is 5.75 Å². The summed E-state index contributed by atoms with van der Waals surface area (Å²) in [6.07, 6.45) is 0. The molecule has 0 unspecified atom stereocenters. The Morgan fingerprint density at radius 3 is 2.66 bits per heavy atom. The molecule has 4 aromatic rings. The lowest BCUT2D eigenvalue weighted by Crippen LogP contribution is -2.19. The molecule has 2 aromatic carbocycles. The Morgan fingerprint density at radius 2 is 1.88 bits per heavy atom. The van der Waals surface area contributed by atoms with Gasteiger partial charge < -0.3 is 10.1 Å². The molecule has 166 valence electrons. The molecule has 4 rings (SSSR count). The van der Waals surface area contributed by atoms with Crippen LogP contribution in [0.25, 0.3) is 10.2 Å². The van der Waals surface area contributed by atoms with E-state index in [-0.39, 0.29) is 0 Å². The molecule has 0 aliphatic rings. The van der Waals surface area contributed by atoms with Crippen molar-refractivity contribution in [1.82, 2.24) is 14.9 Å². The molecule has 0 saturated carbocycles. The SMILES string of the molecule is COc1cccc(CNc2nc(CN(C)Cc3ccccc3Cl)nc3sc(C)c(C)c23)c1. The summed E-state index contributed by atoms with van der Waals surface area (Å²) >= 11 is 8.06. The van der Waals surface area contributed by atoms with E-state index in [1.54, 1.807) is 18.4 Å². The highest BCUT2D eigenvalue weighted by molar-refractivity contribution is 7.18. The highest BCUT2D eigenvalue weighted by atomic mass is 35.5. The summed E-state index contributed by atoms with van der Waals surface area (Å²) in [6, 6.07) is 16.0. The standard InChI is InChI=1S/C25H27ClN4OS/c1-16-17(2)32-25-23(16)24(27-13-18-8-7-10-20(12-18)31-4)28-22(29-25)15-30(3)14-19-9-5-6-11-21(19)26/h5-12H,13-15H2,1-4H3,(H,27,28,29). The molecule has 2 aromatic heterocycles. The lowest BCUT2D eigenvalue weighted by molar-refractivity contribution is 0.311. The van der Waals surface area contributed by atoms with Gasteiger partial charge in [-0.05, 0) is 55.8 Å². The number of aryl methyl sites for hydroxylation is 2. The zero-order chi connectivity index (χ0) is 22.7. The third-order valence-corrected chi connectivity index (χ3v) is 6.95. The quantitative estimate of drug-likeness (QED) is 0.334. The van der Waals surface area contributed by atoms with Gasteiger partial charge in [-0.2, -0.15) is 0 Å². The minimum absolute atomic E-state index is 0.630. The van der Waals surface area contributed by atoms with Crippen LogP contribution in [-0.4, -0.2) is 29.0 Å². The molecule has 0 radical (unpaired) electrons. The first-order valence-electron chi connectivity index (χ1n) is 10.5. The average Bonchev–Trinajstić information content (AvgIpc) is 3.07. The van der Waals surface area contributed by atoms with Gasteiger partial charge in [-0.25, -0.2) is 9.97 Å². The van der Waals surface area contributed by atoms with Gasteiger partial charge in [-0.15, -0.1) is 11.3 Å². The zero-order valence-electron chi connectivity index (χ0n) is 18.8. The number of hydrogen-bond donors (Lipinski definition) is 1. The maximum atomic E-state index is 6.34. The molecular formula is C25H27ClN4OS. The number of fused-ring (bicyclic) bond motifs is 1. The maximum Gasteiger partial charge on any atom is 0.146 e. The Kier molecular flexibility index (Phi) is 6.94. The number of benzene rings is 2. The zero-order valence-corrected chi connectivity index (χ0v) is 20.3. The fourth-order valence-corrected chi connectivity index (χ4v) is 4.92. The van der Waals surface area contributed by atoms with Crippen molar-refractivity contribution in [2.75, 3.05) is 19.5 Å². The largest absolute Gasteiger partial charge is 0.497 e.